The van der Waals surface area contributed by atoms with Gasteiger partial charge in [0.2, 0.25) is 0 Å². The number of hydrogen-bond acceptors (Lipinski definition) is 2. The first-order valence-corrected chi connectivity index (χ1v) is 15.9. The maximum absolute atomic E-state index is 6.69. The largest absolute Gasteiger partial charge is 0.495 e. The van der Waals surface area contributed by atoms with Gasteiger partial charge in [0.1, 0.15) is 0 Å². The summed E-state index contributed by atoms with van der Waals surface area (Å²) in [4.78, 5) is 0. The average molecular weight is 517 g/mol. The van der Waals surface area contributed by atoms with Crippen molar-refractivity contribution in [1.82, 2.24) is 0 Å². The van der Waals surface area contributed by atoms with Gasteiger partial charge in [-0.3, -0.25) is 0 Å². The maximum Gasteiger partial charge on any atom is 0.495 e. The van der Waals surface area contributed by atoms with Crippen molar-refractivity contribution in [2.75, 3.05) is 0 Å². The van der Waals surface area contributed by atoms with Crippen LogP contribution in [-0.2, 0) is 14.7 Å². The molecule has 3 heteroatoms. The molecule has 2 aliphatic rings. The molecule has 0 N–H and O–H groups in total. The summed E-state index contributed by atoms with van der Waals surface area (Å²) >= 11 is 0. The van der Waals surface area contributed by atoms with Crippen LogP contribution in [0, 0.1) is 0 Å². The molecular weight excluding hydrogens is 463 g/mol. The van der Waals surface area contributed by atoms with Gasteiger partial charge in [-0.2, -0.15) is 0 Å². The summed E-state index contributed by atoms with van der Waals surface area (Å²) in [5.41, 5.74) is 6.50. The van der Waals surface area contributed by atoms with E-state index in [1.165, 1.54) is 112 Å². The predicted octanol–water partition coefficient (Wildman–Crippen LogP) is 9.75. The Morgan fingerprint density at radius 3 is 1.66 bits per heavy atom. The van der Waals surface area contributed by atoms with Crippen LogP contribution in [0.25, 0.3) is 11.1 Å². The van der Waals surface area contributed by atoms with E-state index in [2.05, 4.69) is 84.0 Å². The summed E-state index contributed by atoms with van der Waals surface area (Å²) in [5.74, 6) is 0. The molecule has 2 aromatic carbocycles. The molecule has 0 bridgehead atoms. The van der Waals surface area contributed by atoms with Gasteiger partial charge in [0, 0.05) is 5.41 Å². The van der Waals surface area contributed by atoms with Crippen LogP contribution in [0.4, 0.5) is 0 Å². The fourth-order valence-electron chi connectivity index (χ4n) is 6.82. The van der Waals surface area contributed by atoms with Crippen LogP contribution in [0.1, 0.15) is 143 Å². The van der Waals surface area contributed by atoms with Gasteiger partial charge in [-0.1, -0.05) is 133 Å². The average Bonchev–Trinajstić information content (AvgIpc) is 3.30. The van der Waals surface area contributed by atoms with E-state index >= 15 is 0 Å². The zero-order valence-corrected chi connectivity index (χ0v) is 25.3. The number of rotatable bonds is 15. The molecule has 0 amide bonds. The molecule has 2 nitrogen and oxygen atoms in total. The fraction of sp³-hybridized carbons (Fsp3) is 0.657. The molecule has 1 heterocycles. The van der Waals surface area contributed by atoms with Crippen molar-refractivity contribution in [2.24, 2.45) is 0 Å². The van der Waals surface area contributed by atoms with Gasteiger partial charge < -0.3 is 9.31 Å². The Balaban J connectivity index is 1.70. The topological polar surface area (TPSA) is 18.5 Å². The molecule has 2 aromatic rings. The highest BCUT2D eigenvalue weighted by atomic mass is 16.7. The third kappa shape index (κ3) is 5.95. The summed E-state index contributed by atoms with van der Waals surface area (Å²) in [6.45, 7) is 13.3. The van der Waals surface area contributed by atoms with E-state index in [1.54, 1.807) is 5.56 Å². The van der Waals surface area contributed by atoms with Crippen molar-refractivity contribution in [2.45, 2.75) is 148 Å². The molecule has 0 atom stereocenters. The second-order valence-electron chi connectivity index (χ2n) is 13.0. The lowest BCUT2D eigenvalue weighted by Gasteiger charge is -2.35. The molecular formula is C35H53BO2. The SMILES string of the molecule is CCCCCCCCC1(CCCCCCCC)c2ccccc2-c2cccc(B3OC(C)(C)C(C)(C)O3)c21. The second kappa shape index (κ2) is 12.7. The van der Waals surface area contributed by atoms with Crippen molar-refractivity contribution in [3.8, 4) is 11.1 Å². The highest BCUT2D eigenvalue weighted by Gasteiger charge is 2.54. The third-order valence-corrected chi connectivity index (χ3v) is 9.73. The van der Waals surface area contributed by atoms with Crippen LogP contribution in [-0.4, -0.2) is 18.3 Å². The van der Waals surface area contributed by atoms with Crippen molar-refractivity contribution in [3.63, 3.8) is 0 Å². The minimum absolute atomic E-state index is 0.0433. The van der Waals surface area contributed by atoms with Crippen LogP contribution < -0.4 is 5.46 Å². The van der Waals surface area contributed by atoms with E-state index < -0.39 is 0 Å². The highest BCUT2D eigenvalue weighted by Crippen LogP contribution is 2.54. The van der Waals surface area contributed by atoms with Gasteiger partial charge in [0.25, 0.3) is 0 Å². The Kier molecular flexibility index (Phi) is 9.85. The number of unbranched alkanes of at least 4 members (excludes halogenated alkanes) is 10. The van der Waals surface area contributed by atoms with Crippen molar-refractivity contribution in [1.29, 1.82) is 0 Å². The van der Waals surface area contributed by atoms with Gasteiger partial charge in [0.15, 0.2) is 0 Å². The summed E-state index contributed by atoms with van der Waals surface area (Å²) in [6.07, 6.45) is 18.4. The monoisotopic (exact) mass is 516 g/mol. The summed E-state index contributed by atoms with van der Waals surface area (Å²) in [5, 5.41) is 0. The molecule has 38 heavy (non-hydrogen) atoms. The van der Waals surface area contributed by atoms with Crippen LogP contribution >= 0.6 is 0 Å². The number of benzene rings is 2. The smallest absolute Gasteiger partial charge is 0.399 e. The molecule has 1 saturated heterocycles. The lowest BCUT2D eigenvalue weighted by Crippen LogP contribution is -2.41. The van der Waals surface area contributed by atoms with Crippen molar-refractivity contribution < 1.29 is 9.31 Å². The molecule has 0 unspecified atom stereocenters. The van der Waals surface area contributed by atoms with Gasteiger partial charge in [-0.15, -0.1) is 0 Å². The Bertz CT molecular complexity index is 1010. The number of hydrogen-bond donors (Lipinski definition) is 0. The van der Waals surface area contributed by atoms with E-state index in [4.69, 9.17) is 9.31 Å². The maximum atomic E-state index is 6.69. The van der Waals surface area contributed by atoms with Crippen molar-refractivity contribution in [3.05, 3.63) is 53.6 Å². The van der Waals surface area contributed by atoms with Gasteiger partial charge >= 0.3 is 7.12 Å². The number of fused-ring (bicyclic) bond motifs is 3. The zero-order chi connectivity index (χ0) is 27.2. The Morgan fingerprint density at radius 2 is 1.08 bits per heavy atom. The molecule has 0 aromatic heterocycles. The summed E-state index contributed by atoms with van der Waals surface area (Å²) < 4.78 is 13.4. The van der Waals surface area contributed by atoms with Crippen molar-refractivity contribution >= 4 is 12.6 Å². The highest BCUT2D eigenvalue weighted by molar-refractivity contribution is 6.63. The van der Waals surface area contributed by atoms with Crippen LogP contribution in [0.2, 0.25) is 0 Å². The Labute approximate surface area is 234 Å². The molecule has 4 rings (SSSR count). The van der Waals surface area contributed by atoms with Crippen LogP contribution in [0.15, 0.2) is 42.5 Å². The van der Waals surface area contributed by atoms with Gasteiger partial charge in [0.05, 0.1) is 11.2 Å². The predicted molar refractivity (Wildman–Crippen MR) is 164 cm³/mol. The second-order valence-corrected chi connectivity index (χ2v) is 13.0. The van der Waals surface area contributed by atoms with Crippen LogP contribution in [0.5, 0.6) is 0 Å². The van der Waals surface area contributed by atoms with E-state index in [-0.39, 0.29) is 23.7 Å². The van der Waals surface area contributed by atoms with E-state index in [0.717, 1.165) is 0 Å². The van der Waals surface area contributed by atoms with Crippen LogP contribution in [0.3, 0.4) is 0 Å². The molecule has 208 valence electrons. The first-order valence-electron chi connectivity index (χ1n) is 15.9. The quantitative estimate of drug-likeness (QED) is 0.173. The summed E-state index contributed by atoms with van der Waals surface area (Å²) in [6, 6.07) is 16.1. The molecule has 0 radical (unpaired) electrons. The normalized spacial score (nSPS) is 18.5. The molecule has 1 aliphatic carbocycles. The van der Waals surface area contributed by atoms with E-state index in [0.29, 0.717) is 0 Å². The lowest BCUT2D eigenvalue weighted by molar-refractivity contribution is 0.00578. The van der Waals surface area contributed by atoms with E-state index in [9.17, 15) is 0 Å². The fourth-order valence-corrected chi connectivity index (χ4v) is 6.82. The van der Waals surface area contributed by atoms with E-state index in [1.807, 2.05) is 0 Å². The first kappa shape index (κ1) is 29.4. The lowest BCUT2D eigenvalue weighted by atomic mass is 9.63. The Morgan fingerprint density at radius 1 is 0.579 bits per heavy atom. The first-order chi connectivity index (χ1) is 18.3. The minimum atomic E-state index is -0.340. The van der Waals surface area contributed by atoms with Gasteiger partial charge in [-0.05, 0) is 68.3 Å². The third-order valence-electron chi connectivity index (χ3n) is 9.73. The Hall–Kier alpha value is -1.58. The standard InChI is InChI=1S/C35H53BO2/c1-7-9-11-13-15-19-26-35(27-20-16-14-12-10-8-2)30-24-18-17-22-28(30)29-23-21-25-31(32(29)35)36-37-33(3,4)34(5,6)38-36/h17-18,21-25H,7-16,19-20,26-27H2,1-6H3. The molecule has 1 fully saturated rings. The zero-order valence-electron chi connectivity index (χ0n) is 25.3. The minimum Gasteiger partial charge on any atom is -0.399 e. The molecule has 0 spiro atoms. The molecule has 0 saturated carbocycles. The molecule has 1 aliphatic heterocycles. The summed E-state index contributed by atoms with van der Waals surface area (Å²) in [7, 11) is -0.322. The van der Waals surface area contributed by atoms with Gasteiger partial charge in [-0.25, -0.2) is 0 Å².